The molecule has 122 valence electrons. The summed E-state index contributed by atoms with van der Waals surface area (Å²) in [4.78, 5) is 12.4. The van der Waals surface area contributed by atoms with Crippen LogP contribution >= 0.6 is 0 Å². The first-order valence-electron chi connectivity index (χ1n) is 7.58. The van der Waals surface area contributed by atoms with Gasteiger partial charge in [-0.1, -0.05) is 24.3 Å². The molecule has 5 heteroatoms. The Labute approximate surface area is 136 Å². The van der Waals surface area contributed by atoms with Crippen LogP contribution < -0.4 is 20.1 Å². The molecular weight excluding hydrogens is 292 g/mol. The number of benzene rings is 2. The smallest absolute Gasteiger partial charge is 0.246 e. The molecule has 2 aromatic carbocycles. The normalized spacial score (nSPS) is 11.4. The maximum atomic E-state index is 12.4. The minimum absolute atomic E-state index is 0.152. The van der Waals surface area contributed by atoms with Gasteiger partial charge >= 0.3 is 0 Å². The van der Waals surface area contributed by atoms with E-state index in [1.54, 1.807) is 26.2 Å². The molecule has 23 heavy (non-hydrogen) atoms. The molecule has 0 aliphatic rings. The van der Waals surface area contributed by atoms with E-state index in [-0.39, 0.29) is 5.91 Å². The van der Waals surface area contributed by atoms with Crippen LogP contribution in [0.25, 0.3) is 0 Å². The highest BCUT2D eigenvalue weighted by atomic mass is 16.5. The molecule has 0 unspecified atom stereocenters. The van der Waals surface area contributed by atoms with E-state index in [1.807, 2.05) is 43.3 Å². The SMILES string of the molecule is CCOc1ccccc1N[C@H](C)C(=O)Nc1ccccc1OC. The fraction of sp³-hybridized carbons (Fsp3) is 0.278. The van der Waals surface area contributed by atoms with E-state index in [9.17, 15) is 4.79 Å². The molecule has 5 nitrogen and oxygen atoms in total. The molecule has 0 saturated carbocycles. The van der Waals surface area contributed by atoms with Crippen LogP contribution in [0, 0.1) is 0 Å². The van der Waals surface area contributed by atoms with E-state index in [0.717, 1.165) is 11.4 Å². The summed E-state index contributed by atoms with van der Waals surface area (Å²) >= 11 is 0. The van der Waals surface area contributed by atoms with Gasteiger partial charge in [0, 0.05) is 0 Å². The number of rotatable bonds is 7. The van der Waals surface area contributed by atoms with Gasteiger partial charge in [0.15, 0.2) is 0 Å². The van der Waals surface area contributed by atoms with Crippen LogP contribution in [0.2, 0.25) is 0 Å². The third-order valence-corrected chi connectivity index (χ3v) is 3.32. The van der Waals surface area contributed by atoms with Crippen molar-refractivity contribution in [3.05, 3.63) is 48.5 Å². The van der Waals surface area contributed by atoms with Crippen molar-refractivity contribution in [1.29, 1.82) is 0 Å². The summed E-state index contributed by atoms with van der Waals surface area (Å²) in [5.74, 6) is 1.20. The quantitative estimate of drug-likeness (QED) is 0.821. The van der Waals surface area contributed by atoms with Gasteiger partial charge in [-0.3, -0.25) is 4.79 Å². The summed E-state index contributed by atoms with van der Waals surface area (Å²) in [6.07, 6.45) is 0. The Bertz CT molecular complexity index is 658. The fourth-order valence-electron chi connectivity index (χ4n) is 2.15. The third-order valence-electron chi connectivity index (χ3n) is 3.32. The summed E-state index contributed by atoms with van der Waals surface area (Å²) in [5, 5.41) is 6.04. The molecule has 2 aromatic rings. The van der Waals surface area contributed by atoms with Crippen LogP contribution in [0.3, 0.4) is 0 Å². The largest absolute Gasteiger partial charge is 0.495 e. The molecule has 0 spiro atoms. The summed E-state index contributed by atoms with van der Waals surface area (Å²) in [6, 6.07) is 14.4. The summed E-state index contributed by atoms with van der Waals surface area (Å²) in [5.41, 5.74) is 1.43. The second kappa shape index (κ2) is 8.08. The van der Waals surface area contributed by atoms with Crippen molar-refractivity contribution in [2.24, 2.45) is 0 Å². The maximum Gasteiger partial charge on any atom is 0.246 e. The van der Waals surface area contributed by atoms with Gasteiger partial charge in [-0.2, -0.15) is 0 Å². The highest BCUT2D eigenvalue weighted by Crippen LogP contribution is 2.26. The lowest BCUT2D eigenvalue weighted by molar-refractivity contribution is -0.116. The Morgan fingerprint density at radius 2 is 1.65 bits per heavy atom. The number of ether oxygens (including phenoxy) is 2. The number of nitrogens with one attached hydrogen (secondary N) is 2. The average Bonchev–Trinajstić information content (AvgIpc) is 2.57. The van der Waals surface area contributed by atoms with Crippen LogP contribution in [0.1, 0.15) is 13.8 Å². The van der Waals surface area contributed by atoms with Gasteiger partial charge in [0.25, 0.3) is 0 Å². The molecule has 1 amide bonds. The molecule has 0 aliphatic carbocycles. The van der Waals surface area contributed by atoms with Crippen molar-refractivity contribution in [3.63, 3.8) is 0 Å². The van der Waals surface area contributed by atoms with Crippen molar-refractivity contribution < 1.29 is 14.3 Å². The Morgan fingerprint density at radius 3 is 2.30 bits per heavy atom. The first-order valence-corrected chi connectivity index (χ1v) is 7.58. The van der Waals surface area contributed by atoms with Crippen molar-refractivity contribution >= 4 is 17.3 Å². The van der Waals surface area contributed by atoms with Crippen LogP contribution in [0.4, 0.5) is 11.4 Å². The lowest BCUT2D eigenvalue weighted by atomic mass is 10.2. The molecule has 0 aromatic heterocycles. The topological polar surface area (TPSA) is 59.6 Å². The molecule has 0 saturated heterocycles. The zero-order valence-electron chi connectivity index (χ0n) is 13.6. The van der Waals surface area contributed by atoms with Crippen LogP contribution in [0.5, 0.6) is 11.5 Å². The van der Waals surface area contributed by atoms with Gasteiger partial charge in [-0.15, -0.1) is 0 Å². The minimum Gasteiger partial charge on any atom is -0.495 e. The van der Waals surface area contributed by atoms with E-state index >= 15 is 0 Å². The van der Waals surface area contributed by atoms with E-state index in [4.69, 9.17) is 9.47 Å². The Kier molecular flexibility index (Phi) is 5.86. The van der Waals surface area contributed by atoms with E-state index in [0.29, 0.717) is 18.0 Å². The minimum atomic E-state index is -0.429. The van der Waals surface area contributed by atoms with Crippen molar-refractivity contribution in [3.8, 4) is 11.5 Å². The van der Waals surface area contributed by atoms with Gasteiger partial charge in [0.05, 0.1) is 25.1 Å². The maximum absolute atomic E-state index is 12.4. The predicted octanol–water partition coefficient (Wildman–Crippen LogP) is 3.53. The molecule has 0 radical (unpaired) electrons. The zero-order chi connectivity index (χ0) is 16.7. The molecular formula is C18H22N2O3. The van der Waals surface area contributed by atoms with Crippen LogP contribution in [-0.2, 0) is 4.79 Å². The molecule has 1 atom stereocenters. The molecule has 0 bridgehead atoms. The van der Waals surface area contributed by atoms with Gasteiger partial charge in [0.2, 0.25) is 5.91 Å². The zero-order valence-corrected chi connectivity index (χ0v) is 13.6. The highest BCUT2D eigenvalue weighted by molar-refractivity contribution is 5.97. The summed E-state index contributed by atoms with van der Waals surface area (Å²) < 4.78 is 10.8. The monoisotopic (exact) mass is 314 g/mol. The summed E-state index contributed by atoms with van der Waals surface area (Å²) in [7, 11) is 1.57. The Morgan fingerprint density at radius 1 is 1.04 bits per heavy atom. The first kappa shape index (κ1) is 16.7. The van der Waals surface area contributed by atoms with E-state index in [2.05, 4.69) is 10.6 Å². The van der Waals surface area contributed by atoms with Gasteiger partial charge in [0.1, 0.15) is 17.5 Å². The average molecular weight is 314 g/mol. The number of para-hydroxylation sites is 4. The third kappa shape index (κ3) is 4.39. The van der Waals surface area contributed by atoms with Gasteiger partial charge in [-0.25, -0.2) is 0 Å². The van der Waals surface area contributed by atoms with Gasteiger partial charge in [-0.05, 0) is 38.1 Å². The molecule has 0 aliphatic heterocycles. The first-order chi connectivity index (χ1) is 11.2. The van der Waals surface area contributed by atoms with E-state index in [1.165, 1.54) is 0 Å². The standard InChI is InChI=1S/C18H22N2O3/c1-4-23-17-12-8-6-10-15(17)19-13(2)18(21)20-14-9-5-7-11-16(14)22-3/h5-13,19H,4H2,1-3H3,(H,20,21)/t13-/m1/s1. The lowest BCUT2D eigenvalue weighted by Gasteiger charge is -2.18. The summed E-state index contributed by atoms with van der Waals surface area (Å²) in [6.45, 7) is 4.29. The second-order valence-electron chi connectivity index (χ2n) is 4.98. The number of carbonyl (C=O) groups excluding carboxylic acids is 1. The van der Waals surface area contributed by atoms with Crippen molar-refractivity contribution in [1.82, 2.24) is 0 Å². The molecule has 0 heterocycles. The Balaban J connectivity index is 2.06. The molecule has 2 N–H and O–H groups in total. The number of amides is 1. The highest BCUT2D eigenvalue weighted by Gasteiger charge is 2.16. The number of carbonyl (C=O) groups is 1. The number of anilines is 2. The van der Waals surface area contributed by atoms with Gasteiger partial charge < -0.3 is 20.1 Å². The van der Waals surface area contributed by atoms with Crippen LogP contribution in [0.15, 0.2) is 48.5 Å². The lowest BCUT2D eigenvalue weighted by Crippen LogP contribution is -2.32. The number of methoxy groups -OCH3 is 1. The molecule has 2 rings (SSSR count). The number of hydrogen-bond donors (Lipinski definition) is 2. The number of hydrogen-bond acceptors (Lipinski definition) is 4. The predicted molar refractivity (Wildman–Crippen MR) is 92.3 cm³/mol. The Hall–Kier alpha value is -2.69. The van der Waals surface area contributed by atoms with Crippen molar-refractivity contribution in [2.45, 2.75) is 19.9 Å². The fourth-order valence-corrected chi connectivity index (χ4v) is 2.15. The second-order valence-corrected chi connectivity index (χ2v) is 4.98. The molecule has 0 fully saturated rings. The van der Waals surface area contributed by atoms with Crippen molar-refractivity contribution in [2.75, 3.05) is 24.4 Å². The van der Waals surface area contributed by atoms with Crippen LogP contribution in [-0.4, -0.2) is 25.7 Å². The van der Waals surface area contributed by atoms with E-state index < -0.39 is 6.04 Å².